The number of aryl methyl sites for hydroxylation is 1. The third-order valence-corrected chi connectivity index (χ3v) is 2.78. The zero-order chi connectivity index (χ0) is 12.4. The van der Waals surface area contributed by atoms with E-state index < -0.39 is 5.97 Å². The summed E-state index contributed by atoms with van der Waals surface area (Å²) in [5, 5.41) is 9.93. The molecule has 2 aromatic rings. The maximum atomic E-state index is 11.3. The highest BCUT2D eigenvalue weighted by molar-refractivity contribution is 6.08. The minimum Gasteiger partial charge on any atom is -0.477 e. The molecular weight excluding hydrogens is 218 g/mol. The molecule has 1 heterocycles. The first-order valence-electron chi connectivity index (χ1n) is 5.50. The standard InChI is InChI=1S/C13H13NO3/c1-2-7-14-11-6-4-3-5-9(11)10(8-15)12(14)13(16)17/h3-6,8H,2,7H2,1H3,(H,16,17). The van der Waals surface area contributed by atoms with E-state index in [4.69, 9.17) is 0 Å². The third-order valence-electron chi connectivity index (χ3n) is 2.78. The SMILES string of the molecule is CCCn1c(C(=O)O)c(C=O)c2ccccc21. The van der Waals surface area contributed by atoms with Gasteiger partial charge in [0.2, 0.25) is 0 Å². The molecule has 0 atom stereocenters. The van der Waals surface area contributed by atoms with Gasteiger partial charge in [0.05, 0.1) is 5.56 Å². The number of benzene rings is 1. The first-order chi connectivity index (χ1) is 8.20. The van der Waals surface area contributed by atoms with Crippen LogP contribution in [0.3, 0.4) is 0 Å². The van der Waals surface area contributed by atoms with E-state index in [9.17, 15) is 14.7 Å². The van der Waals surface area contributed by atoms with Gasteiger partial charge in [-0.3, -0.25) is 4.79 Å². The molecule has 4 nitrogen and oxygen atoms in total. The van der Waals surface area contributed by atoms with E-state index in [2.05, 4.69) is 0 Å². The Morgan fingerprint density at radius 3 is 2.71 bits per heavy atom. The highest BCUT2D eigenvalue weighted by atomic mass is 16.4. The van der Waals surface area contributed by atoms with Crippen LogP contribution in [-0.4, -0.2) is 21.9 Å². The number of carboxylic acid groups (broad SMARTS) is 1. The Morgan fingerprint density at radius 1 is 1.41 bits per heavy atom. The fourth-order valence-electron chi connectivity index (χ4n) is 2.14. The Labute approximate surface area is 98.5 Å². The van der Waals surface area contributed by atoms with Gasteiger partial charge in [0, 0.05) is 17.4 Å². The van der Waals surface area contributed by atoms with Crippen molar-refractivity contribution in [2.75, 3.05) is 0 Å². The zero-order valence-corrected chi connectivity index (χ0v) is 9.51. The van der Waals surface area contributed by atoms with Gasteiger partial charge in [-0.25, -0.2) is 4.79 Å². The molecule has 0 aliphatic heterocycles. The molecule has 4 heteroatoms. The van der Waals surface area contributed by atoms with Gasteiger partial charge in [-0.05, 0) is 12.5 Å². The van der Waals surface area contributed by atoms with Gasteiger partial charge in [0.25, 0.3) is 0 Å². The summed E-state index contributed by atoms with van der Waals surface area (Å²) in [5.74, 6) is -1.06. The molecule has 2 rings (SSSR count). The molecule has 1 aromatic carbocycles. The number of fused-ring (bicyclic) bond motifs is 1. The molecule has 0 amide bonds. The van der Waals surface area contributed by atoms with E-state index in [1.807, 2.05) is 19.1 Å². The largest absolute Gasteiger partial charge is 0.477 e. The first-order valence-corrected chi connectivity index (χ1v) is 5.50. The van der Waals surface area contributed by atoms with Gasteiger partial charge in [0.15, 0.2) is 6.29 Å². The second-order valence-electron chi connectivity index (χ2n) is 3.85. The number of nitrogens with zero attached hydrogens (tertiary/aromatic N) is 1. The van der Waals surface area contributed by atoms with E-state index in [1.54, 1.807) is 16.7 Å². The van der Waals surface area contributed by atoms with Crippen LogP contribution >= 0.6 is 0 Å². The third kappa shape index (κ3) is 1.71. The second kappa shape index (κ2) is 4.41. The van der Waals surface area contributed by atoms with Crippen LogP contribution in [0.2, 0.25) is 0 Å². The summed E-state index contributed by atoms with van der Waals surface area (Å²) >= 11 is 0. The fourth-order valence-corrected chi connectivity index (χ4v) is 2.14. The quantitative estimate of drug-likeness (QED) is 0.822. The maximum absolute atomic E-state index is 11.3. The monoisotopic (exact) mass is 231 g/mol. The van der Waals surface area contributed by atoms with E-state index in [1.165, 1.54) is 0 Å². The lowest BCUT2D eigenvalue weighted by Gasteiger charge is -2.05. The highest BCUT2D eigenvalue weighted by Gasteiger charge is 2.20. The van der Waals surface area contributed by atoms with E-state index in [-0.39, 0.29) is 11.3 Å². The Hall–Kier alpha value is -2.10. The minimum absolute atomic E-state index is 0.0862. The maximum Gasteiger partial charge on any atom is 0.353 e. The van der Waals surface area contributed by atoms with Crippen LogP contribution in [0.15, 0.2) is 24.3 Å². The summed E-state index contributed by atoms with van der Waals surface area (Å²) in [6.45, 7) is 2.57. The number of carbonyl (C=O) groups is 2. The van der Waals surface area contributed by atoms with Crippen molar-refractivity contribution in [3.8, 4) is 0 Å². The minimum atomic E-state index is -1.06. The average Bonchev–Trinajstić information content (AvgIpc) is 2.64. The lowest BCUT2D eigenvalue weighted by Crippen LogP contribution is -2.10. The summed E-state index contributed by atoms with van der Waals surface area (Å²) in [6.07, 6.45) is 1.44. The van der Waals surface area contributed by atoms with Crippen LogP contribution in [0.4, 0.5) is 0 Å². The van der Waals surface area contributed by atoms with E-state index in [0.29, 0.717) is 18.2 Å². The van der Waals surface area contributed by atoms with Crippen molar-refractivity contribution in [3.63, 3.8) is 0 Å². The average molecular weight is 231 g/mol. The molecule has 17 heavy (non-hydrogen) atoms. The first kappa shape index (κ1) is 11.4. The molecule has 0 bridgehead atoms. The molecule has 0 aliphatic carbocycles. The van der Waals surface area contributed by atoms with Crippen LogP contribution < -0.4 is 0 Å². The zero-order valence-electron chi connectivity index (χ0n) is 9.51. The highest BCUT2D eigenvalue weighted by Crippen LogP contribution is 2.25. The molecular formula is C13H13NO3. The smallest absolute Gasteiger partial charge is 0.353 e. The number of aromatic carboxylic acids is 1. The number of hydrogen-bond donors (Lipinski definition) is 1. The summed E-state index contributed by atoms with van der Waals surface area (Å²) in [4.78, 5) is 22.4. The molecule has 88 valence electrons. The number of para-hydroxylation sites is 1. The number of aromatic nitrogens is 1. The van der Waals surface area contributed by atoms with Crippen LogP contribution in [0.1, 0.15) is 34.2 Å². The van der Waals surface area contributed by atoms with Gasteiger partial charge in [-0.2, -0.15) is 0 Å². The molecule has 0 saturated heterocycles. The summed E-state index contributed by atoms with van der Waals surface area (Å²) < 4.78 is 1.70. The van der Waals surface area contributed by atoms with E-state index in [0.717, 1.165) is 11.9 Å². The molecule has 1 N–H and O–H groups in total. The number of aldehydes is 1. The fraction of sp³-hybridized carbons (Fsp3) is 0.231. The predicted octanol–water partition coefficient (Wildman–Crippen LogP) is 2.56. The summed E-state index contributed by atoms with van der Waals surface area (Å²) in [5.41, 5.74) is 1.15. The molecule has 0 unspecified atom stereocenters. The van der Waals surface area contributed by atoms with Crippen molar-refractivity contribution in [2.45, 2.75) is 19.9 Å². The summed E-state index contributed by atoms with van der Waals surface area (Å²) in [7, 11) is 0. The van der Waals surface area contributed by atoms with Crippen molar-refractivity contribution >= 4 is 23.2 Å². The topological polar surface area (TPSA) is 59.3 Å². The van der Waals surface area contributed by atoms with Crippen molar-refractivity contribution in [3.05, 3.63) is 35.5 Å². The molecule has 0 radical (unpaired) electrons. The van der Waals surface area contributed by atoms with Crippen molar-refractivity contribution in [1.29, 1.82) is 0 Å². The van der Waals surface area contributed by atoms with Gasteiger partial charge >= 0.3 is 5.97 Å². The number of carbonyl (C=O) groups excluding carboxylic acids is 1. The summed E-state index contributed by atoms with van der Waals surface area (Å²) in [6, 6.07) is 7.26. The Morgan fingerprint density at radius 2 is 2.12 bits per heavy atom. The second-order valence-corrected chi connectivity index (χ2v) is 3.85. The van der Waals surface area contributed by atoms with Crippen LogP contribution in [0.25, 0.3) is 10.9 Å². The lowest BCUT2D eigenvalue weighted by atomic mass is 10.1. The van der Waals surface area contributed by atoms with Gasteiger partial charge in [-0.1, -0.05) is 25.1 Å². The number of carboxylic acids is 1. The molecule has 0 fully saturated rings. The predicted molar refractivity (Wildman–Crippen MR) is 64.6 cm³/mol. The Bertz CT molecular complexity index is 584. The van der Waals surface area contributed by atoms with Gasteiger partial charge < -0.3 is 9.67 Å². The van der Waals surface area contributed by atoms with Gasteiger partial charge in [-0.15, -0.1) is 0 Å². The van der Waals surface area contributed by atoms with Crippen LogP contribution in [-0.2, 0) is 6.54 Å². The Balaban J connectivity index is 2.86. The van der Waals surface area contributed by atoms with Gasteiger partial charge in [0.1, 0.15) is 5.69 Å². The van der Waals surface area contributed by atoms with Crippen molar-refractivity contribution in [1.82, 2.24) is 4.57 Å². The van der Waals surface area contributed by atoms with Crippen LogP contribution in [0.5, 0.6) is 0 Å². The van der Waals surface area contributed by atoms with Crippen molar-refractivity contribution in [2.24, 2.45) is 0 Å². The molecule has 0 spiro atoms. The Kier molecular flexibility index (Phi) is 2.95. The number of hydrogen-bond acceptors (Lipinski definition) is 2. The molecule has 1 aromatic heterocycles. The molecule has 0 saturated carbocycles. The normalized spacial score (nSPS) is 10.6. The lowest BCUT2D eigenvalue weighted by molar-refractivity contribution is 0.0682. The number of rotatable bonds is 4. The van der Waals surface area contributed by atoms with E-state index >= 15 is 0 Å². The molecule has 0 aliphatic rings. The van der Waals surface area contributed by atoms with Crippen LogP contribution in [0, 0.1) is 0 Å². The van der Waals surface area contributed by atoms with Crippen molar-refractivity contribution < 1.29 is 14.7 Å².